The highest BCUT2D eigenvalue weighted by molar-refractivity contribution is 9.10. The lowest BCUT2D eigenvalue weighted by Gasteiger charge is -2.26. The summed E-state index contributed by atoms with van der Waals surface area (Å²) in [5.74, 6) is 0.0647. The molecule has 0 N–H and O–H groups in total. The number of unbranched alkanes of at least 4 members (excludes halogenated alkanes) is 2. The van der Waals surface area contributed by atoms with Gasteiger partial charge in [0.25, 0.3) is 5.91 Å². The summed E-state index contributed by atoms with van der Waals surface area (Å²) in [7, 11) is 0. The zero-order valence-corrected chi connectivity index (χ0v) is 12.9. The minimum atomic E-state index is 0.0647. The Kier molecular flexibility index (Phi) is 6.33. The molecule has 100 valence electrons. The Morgan fingerprint density at radius 1 is 1.39 bits per heavy atom. The standard InChI is InChI=1S/C14H21BrN2O/c1-4-5-6-7-17(11(2)3)14(18)12-8-13(15)10-16-9-12/h8-11H,4-7H2,1-3H3. The molecule has 18 heavy (non-hydrogen) atoms. The van der Waals surface area contributed by atoms with Crippen molar-refractivity contribution >= 4 is 21.8 Å². The normalized spacial score (nSPS) is 10.7. The highest BCUT2D eigenvalue weighted by Gasteiger charge is 2.18. The number of nitrogens with zero attached hydrogens (tertiary/aromatic N) is 2. The lowest BCUT2D eigenvalue weighted by atomic mass is 10.2. The molecule has 3 nitrogen and oxygen atoms in total. The lowest BCUT2D eigenvalue weighted by molar-refractivity contribution is 0.0702. The third-order valence-corrected chi connectivity index (χ3v) is 3.27. The van der Waals surface area contributed by atoms with Gasteiger partial charge in [0.15, 0.2) is 0 Å². The van der Waals surface area contributed by atoms with Gasteiger partial charge in [-0.2, -0.15) is 0 Å². The fourth-order valence-corrected chi connectivity index (χ4v) is 2.19. The molecule has 1 amide bonds. The number of rotatable bonds is 6. The van der Waals surface area contributed by atoms with Gasteiger partial charge < -0.3 is 4.90 Å². The van der Waals surface area contributed by atoms with Crippen LogP contribution in [0.3, 0.4) is 0 Å². The van der Waals surface area contributed by atoms with E-state index < -0.39 is 0 Å². The molecule has 0 aliphatic rings. The van der Waals surface area contributed by atoms with E-state index in [1.807, 2.05) is 11.0 Å². The number of carbonyl (C=O) groups is 1. The van der Waals surface area contributed by atoms with Gasteiger partial charge >= 0.3 is 0 Å². The molecule has 0 aliphatic carbocycles. The third-order valence-electron chi connectivity index (χ3n) is 2.84. The van der Waals surface area contributed by atoms with E-state index in [0.717, 1.165) is 23.9 Å². The Morgan fingerprint density at radius 2 is 2.11 bits per heavy atom. The van der Waals surface area contributed by atoms with Crippen LogP contribution in [0.5, 0.6) is 0 Å². The molecule has 1 rings (SSSR count). The van der Waals surface area contributed by atoms with Crippen molar-refractivity contribution < 1.29 is 4.79 Å². The minimum absolute atomic E-state index is 0.0647. The quantitative estimate of drug-likeness (QED) is 0.747. The van der Waals surface area contributed by atoms with E-state index in [-0.39, 0.29) is 11.9 Å². The third kappa shape index (κ3) is 4.41. The van der Waals surface area contributed by atoms with Gasteiger partial charge in [0, 0.05) is 29.5 Å². The van der Waals surface area contributed by atoms with E-state index >= 15 is 0 Å². The van der Waals surface area contributed by atoms with E-state index in [0.29, 0.717) is 5.56 Å². The SMILES string of the molecule is CCCCCN(C(=O)c1cncc(Br)c1)C(C)C. The fourth-order valence-electron chi connectivity index (χ4n) is 1.82. The lowest BCUT2D eigenvalue weighted by Crippen LogP contribution is -2.37. The first kappa shape index (κ1) is 15.2. The van der Waals surface area contributed by atoms with Gasteiger partial charge in [-0.05, 0) is 42.3 Å². The predicted molar refractivity (Wildman–Crippen MR) is 77.6 cm³/mol. The van der Waals surface area contributed by atoms with Crippen molar-refractivity contribution in [1.82, 2.24) is 9.88 Å². The molecule has 0 saturated carbocycles. The molecule has 0 fully saturated rings. The summed E-state index contributed by atoms with van der Waals surface area (Å²) < 4.78 is 0.839. The maximum atomic E-state index is 12.4. The second-order valence-corrected chi connectivity index (χ2v) is 5.61. The van der Waals surface area contributed by atoms with Crippen molar-refractivity contribution in [2.24, 2.45) is 0 Å². The van der Waals surface area contributed by atoms with E-state index in [2.05, 4.69) is 41.7 Å². The Hall–Kier alpha value is -0.900. The molecule has 0 radical (unpaired) electrons. The van der Waals surface area contributed by atoms with Crippen molar-refractivity contribution in [3.8, 4) is 0 Å². The average molecular weight is 313 g/mol. The van der Waals surface area contributed by atoms with Crippen molar-refractivity contribution in [3.05, 3.63) is 28.5 Å². The van der Waals surface area contributed by atoms with Crippen LogP contribution >= 0.6 is 15.9 Å². The van der Waals surface area contributed by atoms with Crippen LogP contribution in [-0.4, -0.2) is 28.4 Å². The fraction of sp³-hybridized carbons (Fsp3) is 0.571. The zero-order chi connectivity index (χ0) is 13.5. The van der Waals surface area contributed by atoms with Gasteiger partial charge in [-0.25, -0.2) is 0 Å². The van der Waals surface area contributed by atoms with Crippen molar-refractivity contribution in [2.45, 2.75) is 46.1 Å². The molecule has 0 atom stereocenters. The van der Waals surface area contributed by atoms with Crippen LogP contribution in [0.25, 0.3) is 0 Å². The summed E-state index contributed by atoms with van der Waals surface area (Å²) >= 11 is 3.35. The van der Waals surface area contributed by atoms with Crippen molar-refractivity contribution in [3.63, 3.8) is 0 Å². The molecule has 1 aromatic heterocycles. The summed E-state index contributed by atoms with van der Waals surface area (Å²) in [6.07, 6.45) is 6.70. The van der Waals surface area contributed by atoms with Crippen LogP contribution in [0.15, 0.2) is 22.9 Å². The van der Waals surface area contributed by atoms with Gasteiger partial charge in [0.1, 0.15) is 0 Å². The Balaban J connectivity index is 2.76. The van der Waals surface area contributed by atoms with Crippen LogP contribution < -0.4 is 0 Å². The van der Waals surface area contributed by atoms with Crippen LogP contribution in [0.4, 0.5) is 0 Å². The summed E-state index contributed by atoms with van der Waals surface area (Å²) in [5.41, 5.74) is 0.648. The predicted octanol–water partition coefficient (Wildman–Crippen LogP) is 3.88. The number of halogens is 1. The Bertz CT molecular complexity index is 393. The Morgan fingerprint density at radius 3 is 2.67 bits per heavy atom. The van der Waals surface area contributed by atoms with E-state index in [1.54, 1.807) is 12.4 Å². The molecule has 1 heterocycles. The number of aromatic nitrogens is 1. The first-order valence-electron chi connectivity index (χ1n) is 6.47. The molecule has 0 bridgehead atoms. The minimum Gasteiger partial charge on any atom is -0.336 e. The number of hydrogen-bond acceptors (Lipinski definition) is 2. The summed E-state index contributed by atoms with van der Waals surface area (Å²) in [6.45, 7) is 7.08. The summed E-state index contributed by atoms with van der Waals surface area (Å²) in [4.78, 5) is 18.4. The molecule has 4 heteroatoms. The van der Waals surface area contributed by atoms with Gasteiger partial charge in [-0.1, -0.05) is 19.8 Å². The van der Waals surface area contributed by atoms with E-state index in [1.165, 1.54) is 6.42 Å². The van der Waals surface area contributed by atoms with Crippen molar-refractivity contribution in [1.29, 1.82) is 0 Å². The van der Waals surface area contributed by atoms with Gasteiger partial charge in [0.05, 0.1) is 5.56 Å². The first-order valence-corrected chi connectivity index (χ1v) is 7.27. The largest absolute Gasteiger partial charge is 0.336 e. The van der Waals surface area contributed by atoms with Crippen LogP contribution in [-0.2, 0) is 0 Å². The molecule has 0 unspecified atom stereocenters. The smallest absolute Gasteiger partial charge is 0.255 e. The van der Waals surface area contributed by atoms with Crippen molar-refractivity contribution in [2.75, 3.05) is 6.54 Å². The van der Waals surface area contributed by atoms with E-state index in [9.17, 15) is 4.79 Å². The average Bonchev–Trinajstić information content (AvgIpc) is 2.33. The molecular formula is C14H21BrN2O. The maximum Gasteiger partial charge on any atom is 0.255 e. The first-order chi connectivity index (χ1) is 8.56. The van der Waals surface area contributed by atoms with Crippen LogP contribution in [0.1, 0.15) is 50.4 Å². The maximum absolute atomic E-state index is 12.4. The highest BCUT2D eigenvalue weighted by Crippen LogP contribution is 2.14. The second kappa shape index (κ2) is 7.52. The second-order valence-electron chi connectivity index (χ2n) is 4.69. The summed E-state index contributed by atoms with van der Waals surface area (Å²) in [6, 6.07) is 2.04. The topological polar surface area (TPSA) is 33.2 Å². The molecule has 0 saturated heterocycles. The number of hydrogen-bond donors (Lipinski definition) is 0. The monoisotopic (exact) mass is 312 g/mol. The van der Waals surface area contributed by atoms with Gasteiger partial charge in [0.2, 0.25) is 0 Å². The van der Waals surface area contributed by atoms with Crippen LogP contribution in [0.2, 0.25) is 0 Å². The summed E-state index contributed by atoms with van der Waals surface area (Å²) in [5, 5.41) is 0. The number of carbonyl (C=O) groups excluding carboxylic acids is 1. The Labute approximate surface area is 118 Å². The van der Waals surface area contributed by atoms with Gasteiger partial charge in [-0.15, -0.1) is 0 Å². The molecule has 0 spiro atoms. The molecule has 1 aromatic rings. The molecular weight excluding hydrogens is 292 g/mol. The number of pyridine rings is 1. The van der Waals surface area contributed by atoms with E-state index in [4.69, 9.17) is 0 Å². The zero-order valence-electron chi connectivity index (χ0n) is 11.3. The molecule has 0 aromatic carbocycles. The van der Waals surface area contributed by atoms with Gasteiger partial charge in [-0.3, -0.25) is 9.78 Å². The molecule has 0 aliphatic heterocycles. The number of amides is 1. The van der Waals surface area contributed by atoms with Crippen LogP contribution in [0, 0.1) is 0 Å². The highest BCUT2D eigenvalue weighted by atomic mass is 79.9.